The summed E-state index contributed by atoms with van der Waals surface area (Å²) in [5.41, 5.74) is 0. The van der Waals surface area contributed by atoms with Gasteiger partial charge in [0.25, 0.3) is 0 Å². The molecule has 0 radical (unpaired) electrons. The molecule has 0 amide bonds. The number of allylic oxidation sites excluding steroid dienone is 17. The van der Waals surface area contributed by atoms with E-state index in [1.54, 1.807) is 0 Å². The second kappa shape index (κ2) is 42.0. The molecule has 1 unspecified atom stereocenters. The molecule has 0 aliphatic rings. The Hall–Kier alpha value is -3.44. The van der Waals surface area contributed by atoms with Gasteiger partial charge in [0.15, 0.2) is 6.10 Å². The Morgan fingerprint density at radius 1 is 0.462 bits per heavy atom. The van der Waals surface area contributed by atoms with Crippen LogP contribution in [0.4, 0.5) is 0 Å². The van der Waals surface area contributed by atoms with Gasteiger partial charge in [0, 0.05) is 13.0 Å². The van der Waals surface area contributed by atoms with E-state index in [1.165, 1.54) is 25.7 Å². The fourth-order valence-electron chi connectivity index (χ4n) is 4.86. The molecule has 0 rings (SSSR count). The zero-order chi connectivity index (χ0) is 37.8. The van der Waals surface area contributed by atoms with E-state index in [9.17, 15) is 9.59 Å². The number of carbonyl (C=O) groups is 2. The standard InChI is InChI=1S/C47H74O5/c1-4-7-10-13-16-18-20-22-24-26-28-30-32-34-37-40-46(48)51-44-45(43-50-42-39-36-15-12-9-6-3)52-47(49)41-38-35-33-31-29-27-25-23-21-19-17-14-11-8-5-2/h7-8,10-11,16-19,22-25,28-31,34,37,45H,4-6,9,12-15,20-21,26-27,32-33,35-36,38-44H2,1-3H3/b10-7-,11-8-,18-16-,19-17-,24-22-,25-23-,30-28-,31-29-,37-34-. The summed E-state index contributed by atoms with van der Waals surface area (Å²) in [5, 5.41) is 0. The summed E-state index contributed by atoms with van der Waals surface area (Å²) in [6.45, 7) is 7.36. The molecule has 0 fully saturated rings. The number of hydrogen-bond donors (Lipinski definition) is 0. The van der Waals surface area contributed by atoms with Gasteiger partial charge in [-0.15, -0.1) is 0 Å². The molecule has 0 heterocycles. The van der Waals surface area contributed by atoms with Gasteiger partial charge in [-0.25, -0.2) is 0 Å². The Labute approximate surface area is 319 Å². The Balaban J connectivity index is 4.40. The highest BCUT2D eigenvalue weighted by molar-refractivity contribution is 5.71. The lowest BCUT2D eigenvalue weighted by molar-refractivity contribution is -0.162. The van der Waals surface area contributed by atoms with Crippen LogP contribution in [0, 0.1) is 0 Å². The summed E-state index contributed by atoms with van der Waals surface area (Å²) in [6.07, 6.45) is 56.9. The summed E-state index contributed by atoms with van der Waals surface area (Å²) in [5.74, 6) is -0.608. The Bertz CT molecular complexity index is 1090. The van der Waals surface area contributed by atoms with E-state index >= 15 is 0 Å². The Morgan fingerprint density at radius 2 is 0.923 bits per heavy atom. The number of ether oxygens (including phenoxy) is 3. The smallest absolute Gasteiger partial charge is 0.309 e. The van der Waals surface area contributed by atoms with Crippen molar-refractivity contribution in [2.75, 3.05) is 19.8 Å². The largest absolute Gasteiger partial charge is 0.461 e. The average molecular weight is 719 g/mol. The molecule has 0 N–H and O–H groups in total. The van der Waals surface area contributed by atoms with Crippen molar-refractivity contribution in [3.05, 3.63) is 109 Å². The van der Waals surface area contributed by atoms with Crippen molar-refractivity contribution in [1.82, 2.24) is 0 Å². The molecule has 0 saturated heterocycles. The van der Waals surface area contributed by atoms with Crippen LogP contribution in [0.3, 0.4) is 0 Å². The number of unbranched alkanes of at least 4 members (excludes halogenated alkanes) is 7. The molecule has 0 aromatic carbocycles. The van der Waals surface area contributed by atoms with Gasteiger partial charge in [-0.1, -0.05) is 162 Å². The van der Waals surface area contributed by atoms with Crippen LogP contribution < -0.4 is 0 Å². The molecular formula is C47H74O5. The number of rotatable bonds is 35. The predicted octanol–water partition coefficient (Wildman–Crippen LogP) is 13.3. The van der Waals surface area contributed by atoms with Gasteiger partial charge in [0.05, 0.1) is 13.0 Å². The maximum absolute atomic E-state index is 12.6. The van der Waals surface area contributed by atoms with Crippen LogP contribution in [0.15, 0.2) is 109 Å². The second-order valence-corrected chi connectivity index (χ2v) is 12.8. The second-order valence-electron chi connectivity index (χ2n) is 12.8. The van der Waals surface area contributed by atoms with Gasteiger partial charge in [0.1, 0.15) is 6.61 Å². The van der Waals surface area contributed by atoms with Crippen molar-refractivity contribution in [3.63, 3.8) is 0 Å². The molecule has 5 nitrogen and oxygen atoms in total. The lowest BCUT2D eigenvalue weighted by Crippen LogP contribution is -2.30. The highest BCUT2D eigenvalue weighted by atomic mass is 16.6. The molecular weight excluding hydrogens is 645 g/mol. The van der Waals surface area contributed by atoms with Gasteiger partial charge < -0.3 is 14.2 Å². The molecule has 0 aromatic rings. The lowest BCUT2D eigenvalue weighted by atomic mass is 10.1. The predicted molar refractivity (Wildman–Crippen MR) is 223 cm³/mol. The van der Waals surface area contributed by atoms with Crippen LogP contribution >= 0.6 is 0 Å². The first-order valence-electron chi connectivity index (χ1n) is 20.4. The van der Waals surface area contributed by atoms with Gasteiger partial charge in [-0.05, 0) is 83.5 Å². The molecule has 5 heteroatoms. The van der Waals surface area contributed by atoms with Crippen LogP contribution in [0.25, 0.3) is 0 Å². The summed E-state index contributed by atoms with van der Waals surface area (Å²) in [6, 6.07) is 0. The maximum atomic E-state index is 12.6. The zero-order valence-corrected chi connectivity index (χ0v) is 33.3. The summed E-state index contributed by atoms with van der Waals surface area (Å²) in [7, 11) is 0. The van der Waals surface area contributed by atoms with Gasteiger partial charge in [-0.3, -0.25) is 9.59 Å². The topological polar surface area (TPSA) is 61.8 Å². The van der Waals surface area contributed by atoms with E-state index in [0.29, 0.717) is 13.0 Å². The van der Waals surface area contributed by atoms with Gasteiger partial charge in [0.2, 0.25) is 0 Å². The number of esters is 2. The Morgan fingerprint density at radius 3 is 1.44 bits per heavy atom. The lowest BCUT2D eigenvalue weighted by Gasteiger charge is -2.18. The van der Waals surface area contributed by atoms with Crippen LogP contribution in [0.2, 0.25) is 0 Å². The van der Waals surface area contributed by atoms with E-state index in [1.807, 2.05) is 12.2 Å². The van der Waals surface area contributed by atoms with Crippen LogP contribution in [0.5, 0.6) is 0 Å². The van der Waals surface area contributed by atoms with E-state index in [-0.39, 0.29) is 31.6 Å². The molecule has 0 bridgehead atoms. The molecule has 1 atom stereocenters. The molecule has 0 spiro atoms. The minimum absolute atomic E-state index is 0.00767. The van der Waals surface area contributed by atoms with Crippen molar-refractivity contribution >= 4 is 11.9 Å². The van der Waals surface area contributed by atoms with E-state index in [0.717, 1.165) is 89.9 Å². The summed E-state index contributed by atoms with van der Waals surface area (Å²) < 4.78 is 17.0. The average Bonchev–Trinajstić information content (AvgIpc) is 3.14. The molecule has 0 aliphatic heterocycles. The van der Waals surface area contributed by atoms with Crippen LogP contribution in [-0.4, -0.2) is 37.9 Å². The minimum atomic E-state index is -0.598. The first-order valence-corrected chi connectivity index (χ1v) is 20.4. The van der Waals surface area contributed by atoms with E-state index < -0.39 is 6.10 Å². The summed E-state index contributed by atoms with van der Waals surface area (Å²) >= 11 is 0. The maximum Gasteiger partial charge on any atom is 0.309 e. The quantitative estimate of drug-likeness (QED) is 0.0371. The number of hydrogen-bond acceptors (Lipinski definition) is 5. The highest BCUT2D eigenvalue weighted by Crippen LogP contribution is 2.08. The number of carbonyl (C=O) groups excluding carboxylic acids is 2. The third kappa shape index (κ3) is 39.3. The first kappa shape index (κ1) is 48.6. The molecule has 292 valence electrons. The van der Waals surface area contributed by atoms with Crippen LogP contribution in [-0.2, 0) is 23.8 Å². The third-order valence-electron chi connectivity index (χ3n) is 7.84. The van der Waals surface area contributed by atoms with E-state index in [2.05, 4.69) is 118 Å². The molecule has 0 saturated carbocycles. The van der Waals surface area contributed by atoms with Crippen molar-refractivity contribution < 1.29 is 23.8 Å². The minimum Gasteiger partial charge on any atom is -0.461 e. The first-order chi connectivity index (χ1) is 25.6. The monoisotopic (exact) mass is 719 g/mol. The fourth-order valence-corrected chi connectivity index (χ4v) is 4.86. The Kier molecular flexibility index (Phi) is 39.2. The molecule has 0 aromatic heterocycles. The van der Waals surface area contributed by atoms with Gasteiger partial charge >= 0.3 is 11.9 Å². The third-order valence-corrected chi connectivity index (χ3v) is 7.84. The fraction of sp³-hybridized carbons (Fsp3) is 0.574. The van der Waals surface area contributed by atoms with Crippen molar-refractivity contribution in [2.45, 2.75) is 155 Å². The van der Waals surface area contributed by atoms with Crippen molar-refractivity contribution in [1.29, 1.82) is 0 Å². The van der Waals surface area contributed by atoms with E-state index in [4.69, 9.17) is 14.2 Å². The van der Waals surface area contributed by atoms with Crippen LogP contribution in [0.1, 0.15) is 149 Å². The van der Waals surface area contributed by atoms with Crippen molar-refractivity contribution in [2.24, 2.45) is 0 Å². The normalized spacial score (nSPS) is 13.4. The zero-order valence-electron chi connectivity index (χ0n) is 33.3. The SMILES string of the molecule is CC/C=C\C/C=C\C/C=C\C/C=C\C/C=C\CC(=O)OCC(COCCCCCCCC)OC(=O)CCCC/C=C\C/C=C\C/C=C\C/C=C\CC. The summed E-state index contributed by atoms with van der Waals surface area (Å²) in [4.78, 5) is 25.0. The van der Waals surface area contributed by atoms with Crippen molar-refractivity contribution in [3.8, 4) is 0 Å². The molecule has 52 heavy (non-hydrogen) atoms. The highest BCUT2D eigenvalue weighted by Gasteiger charge is 2.17. The van der Waals surface area contributed by atoms with Gasteiger partial charge in [-0.2, -0.15) is 0 Å². The molecule has 0 aliphatic carbocycles.